The Labute approximate surface area is 185 Å². The molecule has 1 saturated heterocycles. The van der Waals surface area contributed by atoms with Gasteiger partial charge in [-0.1, -0.05) is 43.5 Å². The van der Waals surface area contributed by atoms with Gasteiger partial charge in [0.25, 0.3) is 0 Å². The zero-order chi connectivity index (χ0) is 22.8. The molecule has 1 fully saturated rings. The highest BCUT2D eigenvalue weighted by Crippen LogP contribution is 2.33. The van der Waals surface area contributed by atoms with Gasteiger partial charge in [-0.05, 0) is 74.1 Å². The molecule has 0 atom stereocenters. The van der Waals surface area contributed by atoms with Crippen molar-refractivity contribution in [3.8, 4) is 0 Å². The van der Waals surface area contributed by atoms with E-state index in [1.165, 1.54) is 18.3 Å². The molecule has 166 valence electrons. The second-order valence-electron chi connectivity index (χ2n) is 7.55. The molecule has 0 spiro atoms. The lowest BCUT2D eigenvalue weighted by Crippen LogP contribution is -2.47. The quantitative estimate of drug-likeness (QED) is 0.232. The first-order valence-corrected chi connectivity index (χ1v) is 10.4. The smallest absolute Gasteiger partial charge is 0.125 e. The van der Waals surface area contributed by atoms with Crippen molar-refractivity contribution in [2.75, 3.05) is 26.7 Å². The van der Waals surface area contributed by atoms with Crippen LogP contribution in [0.4, 0.5) is 4.39 Å². The monoisotopic (exact) mass is 423 g/mol. The lowest BCUT2D eigenvalue weighted by atomic mass is 9.91. The second kappa shape index (κ2) is 11.9. The van der Waals surface area contributed by atoms with E-state index < -0.39 is 0 Å². The van der Waals surface area contributed by atoms with Crippen LogP contribution in [0.2, 0.25) is 0 Å². The third kappa shape index (κ3) is 6.20. The second-order valence-corrected chi connectivity index (χ2v) is 7.55. The summed E-state index contributed by atoms with van der Waals surface area (Å²) in [5.41, 5.74) is 11.7. The van der Waals surface area contributed by atoms with Gasteiger partial charge in [-0.3, -0.25) is 0 Å². The summed E-state index contributed by atoms with van der Waals surface area (Å²) >= 11 is 0. The summed E-state index contributed by atoms with van der Waals surface area (Å²) in [4.78, 5) is 4.55. The zero-order valence-electron chi connectivity index (χ0n) is 18.4. The fourth-order valence-electron chi connectivity index (χ4n) is 3.87. The Morgan fingerprint density at radius 2 is 1.90 bits per heavy atom. The summed E-state index contributed by atoms with van der Waals surface area (Å²) in [5, 5.41) is 0. The first kappa shape index (κ1) is 24.2. The predicted molar refractivity (Wildman–Crippen MR) is 129 cm³/mol. The molecule has 1 heterocycles. The molecule has 1 aliphatic rings. The summed E-state index contributed by atoms with van der Waals surface area (Å²) in [5.74, 6) is 6.52. The molecule has 0 aliphatic carbocycles. The molecule has 0 saturated carbocycles. The van der Waals surface area contributed by atoms with Crippen LogP contribution in [-0.4, -0.2) is 42.5 Å². The van der Waals surface area contributed by atoms with Crippen molar-refractivity contribution >= 4 is 5.57 Å². The van der Waals surface area contributed by atoms with Crippen LogP contribution in [0.1, 0.15) is 18.4 Å². The van der Waals surface area contributed by atoms with E-state index in [-0.39, 0.29) is 11.9 Å². The Bertz CT molecular complexity index is 858. The fraction of sp³-hybridized carbons (Fsp3) is 0.280. The van der Waals surface area contributed by atoms with Gasteiger partial charge in [-0.15, -0.1) is 6.58 Å². The molecule has 5 nitrogen and oxygen atoms in total. The Morgan fingerprint density at radius 1 is 1.26 bits per heavy atom. The number of hydrazine groups is 1. The first-order chi connectivity index (χ1) is 15.0. The van der Waals surface area contributed by atoms with Gasteiger partial charge >= 0.3 is 0 Å². The van der Waals surface area contributed by atoms with Crippen LogP contribution in [0.3, 0.4) is 0 Å². The minimum Gasteiger partial charge on any atom is -0.405 e. The largest absolute Gasteiger partial charge is 0.405 e. The maximum atomic E-state index is 13.5. The van der Waals surface area contributed by atoms with Gasteiger partial charge in [0.1, 0.15) is 11.6 Å². The van der Waals surface area contributed by atoms with Crippen LogP contribution in [0.25, 0.3) is 5.57 Å². The van der Waals surface area contributed by atoms with Gasteiger partial charge in [0.15, 0.2) is 0 Å². The predicted octanol–water partition coefficient (Wildman–Crippen LogP) is 3.68. The third-order valence-corrected chi connectivity index (χ3v) is 5.47. The number of halogens is 1. The third-order valence-electron chi connectivity index (χ3n) is 5.47. The molecule has 31 heavy (non-hydrogen) atoms. The van der Waals surface area contributed by atoms with Gasteiger partial charge < -0.3 is 21.0 Å². The number of nitrogens with one attached hydrogen (secondary N) is 1. The Kier molecular flexibility index (Phi) is 9.31. The van der Waals surface area contributed by atoms with Gasteiger partial charge in [-0.25, -0.2) is 10.2 Å². The van der Waals surface area contributed by atoms with Crippen molar-refractivity contribution in [1.29, 1.82) is 0 Å². The number of nitrogens with zero attached hydrogens (tertiary/aromatic N) is 2. The number of benzene rings is 1. The van der Waals surface area contributed by atoms with Crippen LogP contribution >= 0.6 is 0 Å². The van der Waals surface area contributed by atoms with Gasteiger partial charge in [0.2, 0.25) is 0 Å². The topological polar surface area (TPSA) is 70.5 Å². The van der Waals surface area contributed by atoms with E-state index in [1.54, 1.807) is 24.3 Å². The fourth-order valence-corrected chi connectivity index (χ4v) is 3.87. The first-order valence-electron chi connectivity index (χ1n) is 10.4. The summed E-state index contributed by atoms with van der Waals surface area (Å²) in [6.07, 6.45) is 10.7. The van der Waals surface area contributed by atoms with Crippen LogP contribution in [0.5, 0.6) is 0 Å². The Morgan fingerprint density at radius 3 is 2.42 bits per heavy atom. The molecule has 0 radical (unpaired) electrons. The molecular weight excluding hydrogens is 389 g/mol. The van der Waals surface area contributed by atoms with Gasteiger partial charge in [0.05, 0.1) is 0 Å². The Balaban J connectivity index is 2.68. The normalized spacial score (nSPS) is 16.7. The Hall–Kier alpha value is -3.09. The van der Waals surface area contributed by atoms with Gasteiger partial charge in [0, 0.05) is 18.2 Å². The summed E-state index contributed by atoms with van der Waals surface area (Å²) in [7, 11) is 2.13. The maximum Gasteiger partial charge on any atom is 0.125 e. The van der Waals surface area contributed by atoms with Crippen LogP contribution in [0.15, 0.2) is 91.5 Å². The standard InChI is InChI=1S/C25H34FN5/c1-5-7-21(12-15-27)24(19(3)20-8-10-22(26)11-9-20)25(29-28)31(16-6-2)23-13-17-30(4)18-14-23/h5-12,15,23,29H,1-3,13-14,16-18,27-28H2,4H3/b15-12-,21-7+,25-24-. The van der Waals surface area contributed by atoms with Crippen LogP contribution in [0, 0.1) is 5.82 Å². The average Bonchev–Trinajstić information content (AvgIpc) is 2.77. The minimum atomic E-state index is -0.303. The van der Waals surface area contributed by atoms with Crippen molar-refractivity contribution in [1.82, 2.24) is 15.2 Å². The lowest BCUT2D eigenvalue weighted by molar-refractivity contribution is 0.152. The van der Waals surface area contributed by atoms with Crippen molar-refractivity contribution in [3.05, 3.63) is 103 Å². The highest BCUT2D eigenvalue weighted by Gasteiger charge is 2.27. The van der Waals surface area contributed by atoms with Crippen molar-refractivity contribution < 1.29 is 4.39 Å². The molecule has 0 bridgehead atoms. The van der Waals surface area contributed by atoms with Crippen LogP contribution < -0.4 is 17.0 Å². The number of hydrogen-bond acceptors (Lipinski definition) is 5. The lowest BCUT2D eigenvalue weighted by Gasteiger charge is -2.40. The maximum absolute atomic E-state index is 13.5. The van der Waals surface area contributed by atoms with E-state index >= 15 is 0 Å². The number of hydrogen-bond donors (Lipinski definition) is 3. The van der Waals surface area contributed by atoms with E-state index in [0.29, 0.717) is 12.1 Å². The summed E-state index contributed by atoms with van der Waals surface area (Å²) < 4.78 is 13.5. The summed E-state index contributed by atoms with van der Waals surface area (Å²) in [6, 6.07) is 6.53. The molecule has 5 N–H and O–H groups in total. The number of nitrogens with two attached hydrogens (primary N) is 2. The SMILES string of the molecule is C=C/C=C(\C=C/N)C(/C(=C)c1ccc(F)cc1)=C(/NN)N(CC=C)C1CCN(C)CC1. The van der Waals surface area contributed by atoms with Crippen molar-refractivity contribution in [2.24, 2.45) is 11.6 Å². The van der Waals surface area contributed by atoms with Crippen LogP contribution in [-0.2, 0) is 0 Å². The van der Waals surface area contributed by atoms with Crippen molar-refractivity contribution in [2.45, 2.75) is 18.9 Å². The average molecular weight is 424 g/mol. The number of piperidine rings is 1. The van der Waals surface area contributed by atoms with Crippen molar-refractivity contribution in [3.63, 3.8) is 0 Å². The highest BCUT2D eigenvalue weighted by molar-refractivity contribution is 5.84. The van der Waals surface area contributed by atoms with E-state index in [0.717, 1.165) is 48.5 Å². The van der Waals surface area contributed by atoms with E-state index in [9.17, 15) is 4.39 Å². The number of allylic oxidation sites excluding steroid dienone is 6. The van der Waals surface area contributed by atoms with E-state index in [1.807, 2.05) is 12.2 Å². The molecule has 2 rings (SSSR count). The number of rotatable bonds is 10. The minimum absolute atomic E-state index is 0.281. The molecule has 1 aromatic rings. The zero-order valence-corrected chi connectivity index (χ0v) is 18.4. The number of likely N-dealkylation sites (tertiary alicyclic amines) is 1. The highest BCUT2D eigenvalue weighted by atomic mass is 19.1. The molecule has 1 aliphatic heterocycles. The summed E-state index contributed by atoms with van der Waals surface area (Å²) in [6.45, 7) is 14.7. The van der Waals surface area contributed by atoms with E-state index in [2.05, 4.69) is 42.0 Å². The van der Waals surface area contributed by atoms with E-state index in [4.69, 9.17) is 11.6 Å². The van der Waals surface area contributed by atoms with Gasteiger partial charge in [-0.2, -0.15) is 0 Å². The molecule has 6 heteroatoms. The molecule has 0 unspecified atom stereocenters. The molecular formula is C25H34FN5. The molecule has 0 amide bonds. The molecule has 1 aromatic carbocycles. The molecule has 0 aromatic heterocycles.